The average molecular weight is 195 g/mol. The summed E-state index contributed by atoms with van der Waals surface area (Å²) in [5.74, 6) is 0.136. The van der Waals surface area contributed by atoms with Gasteiger partial charge in [-0.1, -0.05) is 6.58 Å². The van der Waals surface area contributed by atoms with Crippen molar-refractivity contribution in [2.45, 2.75) is 0 Å². The van der Waals surface area contributed by atoms with Crippen LogP contribution in [0.5, 0.6) is 0 Å². The average Bonchev–Trinajstić information content (AvgIpc) is 2.15. The fourth-order valence-corrected chi connectivity index (χ4v) is 0.789. The summed E-state index contributed by atoms with van der Waals surface area (Å²) in [6, 6.07) is 0. The maximum atomic E-state index is 10.5. The lowest BCUT2D eigenvalue weighted by molar-refractivity contribution is -0.384. The van der Waals surface area contributed by atoms with Crippen LogP contribution in [0.1, 0.15) is 0 Å². The van der Waals surface area contributed by atoms with Gasteiger partial charge in [-0.05, 0) is 0 Å². The molecule has 3 N–H and O–H groups in total. The molecule has 0 radical (unpaired) electrons. The second kappa shape index (κ2) is 4.17. The summed E-state index contributed by atoms with van der Waals surface area (Å²) in [5, 5.41) is 13.2. The number of aromatic nitrogens is 2. The predicted molar refractivity (Wildman–Crippen MR) is 50.5 cm³/mol. The van der Waals surface area contributed by atoms with Gasteiger partial charge in [0.1, 0.15) is 12.5 Å². The summed E-state index contributed by atoms with van der Waals surface area (Å²) in [5.41, 5.74) is 5.48. The first-order valence-corrected chi connectivity index (χ1v) is 3.72. The standard InChI is InChI=1S/C7H9N5O2/c1-5(8)2-10-7-6(12(13)14)3-9-4-11-7/h3-4H,1-2,8H2,(H,9,10,11). The van der Waals surface area contributed by atoms with Crippen LogP contribution in [0.25, 0.3) is 0 Å². The summed E-state index contributed by atoms with van der Waals surface area (Å²) in [7, 11) is 0. The molecule has 0 saturated carbocycles. The van der Waals surface area contributed by atoms with Crippen molar-refractivity contribution in [3.8, 4) is 0 Å². The van der Waals surface area contributed by atoms with Crippen molar-refractivity contribution in [1.82, 2.24) is 9.97 Å². The lowest BCUT2D eigenvalue weighted by Gasteiger charge is -2.03. The molecule has 0 amide bonds. The number of nitro groups is 1. The van der Waals surface area contributed by atoms with Gasteiger partial charge < -0.3 is 11.1 Å². The Hall–Kier alpha value is -2.18. The van der Waals surface area contributed by atoms with E-state index < -0.39 is 4.92 Å². The number of nitrogens with zero attached hydrogens (tertiary/aromatic N) is 3. The van der Waals surface area contributed by atoms with Crippen LogP contribution in [-0.4, -0.2) is 21.4 Å². The number of hydrogen-bond acceptors (Lipinski definition) is 6. The van der Waals surface area contributed by atoms with Crippen LogP contribution in [0, 0.1) is 10.1 Å². The van der Waals surface area contributed by atoms with Crippen LogP contribution in [0.15, 0.2) is 24.8 Å². The number of nitrogens with two attached hydrogens (primary N) is 1. The van der Waals surface area contributed by atoms with Crippen molar-refractivity contribution < 1.29 is 4.92 Å². The van der Waals surface area contributed by atoms with Gasteiger partial charge >= 0.3 is 5.69 Å². The molecule has 14 heavy (non-hydrogen) atoms. The van der Waals surface area contributed by atoms with Crippen molar-refractivity contribution in [2.75, 3.05) is 11.9 Å². The molecule has 0 aliphatic heterocycles. The molecule has 0 aliphatic rings. The van der Waals surface area contributed by atoms with E-state index in [0.29, 0.717) is 5.70 Å². The Morgan fingerprint density at radius 3 is 3.07 bits per heavy atom. The molecule has 1 heterocycles. The highest BCUT2D eigenvalue weighted by Crippen LogP contribution is 2.18. The van der Waals surface area contributed by atoms with Crippen molar-refractivity contribution >= 4 is 11.5 Å². The van der Waals surface area contributed by atoms with Crippen LogP contribution in [0.4, 0.5) is 11.5 Å². The normalized spacial score (nSPS) is 9.43. The molecular formula is C7H9N5O2. The fourth-order valence-electron chi connectivity index (χ4n) is 0.789. The summed E-state index contributed by atoms with van der Waals surface area (Å²) < 4.78 is 0. The van der Waals surface area contributed by atoms with Crippen molar-refractivity contribution in [2.24, 2.45) is 5.73 Å². The molecule has 0 atom stereocenters. The van der Waals surface area contributed by atoms with E-state index in [-0.39, 0.29) is 18.1 Å². The van der Waals surface area contributed by atoms with Crippen molar-refractivity contribution in [1.29, 1.82) is 0 Å². The molecule has 0 unspecified atom stereocenters. The molecule has 1 aromatic heterocycles. The third-order valence-corrected chi connectivity index (χ3v) is 1.37. The Balaban J connectivity index is 2.84. The maximum absolute atomic E-state index is 10.5. The van der Waals surface area contributed by atoms with Crippen LogP contribution >= 0.6 is 0 Å². The second-order valence-electron chi connectivity index (χ2n) is 2.53. The minimum atomic E-state index is -0.568. The lowest BCUT2D eigenvalue weighted by Crippen LogP contribution is -2.12. The van der Waals surface area contributed by atoms with Gasteiger partial charge in [-0.25, -0.2) is 9.97 Å². The highest BCUT2D eigenvalue weighted by Gasteiger charge is 2.13. The molecule has 74 valence electrons. The van der Waals surface area contributed by atoms with E-state index in [1.807, 2.05) is 0 Å². The van der Waals surface area contributed by atoms with Crippen LogP contribution in [-0.2, 0) is 0 Å². The van der Waals surface area contributed by atoms with E-state index in [2.05, 4.69) is 21.9 Å². The summed E-state index contributed by atoms with van der Waals surface area (Å²) in [6.45, 7) is 3.68. The zero-order valence-corrected chi connectivity index (χ0v) is 7.30. The second-order valence-corrected chi connectivity index (χ2v) is 2.53. The van der Waals surface area contributed by atoms with Crippen LogP contribution in [0.2, 0.25) is 0 Å². The van der Waals surface area contributed by atoms with Crippen molar-refractivity contribution in [3.05, 3.63) is 34.9 Å². The van der Waals surface area contributed by atoms with Crippen LogP contribution < -0.4 is 11.1 Å². The summed E-state index contributed by atoms with van der Waals surface area (Å²) in [6.07, 6.45) is 2.34. The first kappa shape index (κ1) is 9.90. The first-order valence-electron chi connectivity index (χ1n) is 3.72. The smallest absolute Gasteiger partial charge is 0.329 e. The Kier molecular flexibility index (Phi) is 2.95. The van der Waals surface area contributed by atoms with Gasteiger partial charge in [0.25, 0.3) is 0 Å². The molecule has 7 nitrogen and oxygen atoms in total. The van der Waals surface area contributed by atoms with E-state index >= 15 is 0 Å². The molecule has 1 aromatic rings. The third kappa shape index (κ3) is 2.41. The number of nitrogens with one attached hydrogen (secondary N) is 1. The molecule has 1 rings (SSSR count). The first-order chi connectivity index (χ1) is 6.61. The van der Waals surface area contributed by atoms with Gasteiger partial charge in [0.2, 0.25) is 5.82 Å². The highest BCUT2D eigenvalue weighted by molar-refractivity contribution is 5.53. The minimum absolute atomic E-state index is 0.136. The van der Waals surface area contributed by atoms with Crippen molar-refractivity contribution in [3.63, 3.8) is 0 Å². The molecule has 0 aromatic carbocycles. The molecule has 7 heteroatoms. The zero-order chi connectivity index (χ0) is 10.6. The largest absolute Gasteiger partial charge is 0.401 e. The summed E-state index contributed by atoms with van der Waals surface area (Å²) in [4.78, 5) is 17.2. The fraction of sp³-hybridized carbons (Fsp3) is 0.143. The molecule has 0 aliphatic carbocycles. The van der Waals surface area contributed by atoms with E-state index in [0.717, 1.165) is 6.20 Å². The number of anilines is 1. The zero-order valence-electron chi connectivity index (χ0n) is 7.30. The topological polar surface area (TPSA) is 107 Å². The Bertz CT molecular complexity index is 365. The summed E-state index contributed by atoms with van der Waals surface area (Å²) >= 11 is 0. The number of hydrogen-bond donors (Lipinski definition) is 2. The highest BCUT2D eigenvalue weighted by atomic mass is 16.6. The Morgan fingerprint density at radius 2 is 2.50 bits per heavy atom. The molecule has 0 saturated heterocycles. The van der Waals surface area contributed by atoms with Crippen LogP contribution in [0.3, 0.4) is 0 Å². The van der Waals surface area contributed by atoms with Gasteiger partial charge in [0, 0.05) is 5.70 Å². The number of rotatable bonds is 4. The monoisotopic (exact) mass is 195 g/mol. The van der Waals surface area contributed by atoms with E-state index in [1.54, 1.807) is 0 Å². The maximum Gasteiger partial charge on any atom is 0.329 e. The minimum Gasteiger partial charge on any atom is -0.401 e. The molecule has 0 fully saturated rings. The molecule has 0 bridgehead atoms. The predicted octanol–water partition coefficient (Wildman–Crippen LogP) is 0.269. The van der Waals surface area contributed by atoms with E-state index in [4.69, 9.17) is 5.73 Å². The van der Waals surface area contributed by atoms with Gasteiger partial charge in [-0.2, -0.15) is 0 Å². The lowest BCUT2D eigenvalue weighted by atomic mass is 10.4. The quantitative estimate of drug-likeness (QED) is 0.527. The SMILES string of the molecule is C=C(N)CNc1ncncc1[N+](=O)[O-]. The third-order valence-electron chi connectivity index (χ3n) is 1.37. The Morgan fingerprint density at radius 1 is 1.79 bits per heavy atom. The molecule has 0 spiro atoms. The van der Waals surface area contributed by atoms with E-state index in [9.17, 15) is 10.1 Å². The van der Waals surface area contributed by atoms with Gasteiger partial charge in [-0.15, -0.1) is 0 Å². The molecular weight excluding hydrogens is 186 g/mol. The van der Waals surface area contributed by atoms with Gasteiger partial charge in [0.15, 0.2) is 0 Å². The van der Waals surface area contributed by atoms with Gasteiger partial charge in [-0.3, -0.25) is 10.1 Å². The van der Waals surface area contributed by atoms with Gasteiger partial charge in [0.05, 0.1) is 11.5 Å². The Labute approximate surface area is 79.8 Å². The van der Waals surface area contributed by atoms with E-state index in [1.165, 1.54) is 6.33 Å².